The van der Waals surface area contributed by atoms with Crippen LogP contribution in [0, 0.1) is 13.8 Å². The molecule has 0 radical (unpaired) electrons. The molecule has 2 heterocycles. The Balaban J connectivity index is 1.78. The van der Waals surface area contributed by atoms with Gasteiger partial charge in [-0.05, 0) is 37.3 Å². The van der Waals surface area contributed by atoms with Crippen LogP contribution in [0.5, 0.6) is 0 Å². The number of aliphatic hydroxyl groups excluding tert-OH is 1. The summed E-state index contributed by atoms with van der Waals surface area (Å²) in [5, 5.41) is 13.8. The molecule has 1 aromatic heterocycles. The number of aliphatic hydroxyl groups is 1. The van der Waals surface area contributed by atoms with E-state index in [9.17, 15) is 9.90 Å². The van der Waals surface area contributed by atoms with E-state index in [0.29, 0.717) is 13.0 Å². The molecule has 2 aromatic rings. The number of benzene rings is 1. The molecule has 0 saturated heterocycles. The minimum Gasteiger partial charge on any atom is -0.394 e. The summed E-state index contributed by atoms with van der Waals surface area (Å²) in [6.07, 6.45) is 1.22. The zero-order chi connectivity index (χ0) is 17.3. The van der Waals surface area contributed by atoms with Gasteiger partial charge in [0.1, 0.15) is 5.76 Å². The van der Waals surface area contributed by atoms with E-state index in [1.807, 2.05) is 43.9 Å². The van der Waals surface area contributed by atoms with Gasteiger partial charge in [0.05, 0.1) is 18.3 Å². The fourth-order valence-electron chi connectivity index (χ4n) is 3.82. The average Bonchev–Trinajstić information content (AvgIpc) is 2.92. The molecule has 0 spiro atoms. The molecular formula is C19H24N2O3. The van der Waals surface area contributed by atoms with Crippen molar-refractivity contribution in [3.63, 3.8) is 0 Å². The van der Waals surface area contributed by atoms with Crippen molar-refractivity contribution in [2.75, 3.05) is 13.2 Å². The Bertz CT molecular complexity index is 718. The van der Waals surface area contributed by atoms with Gasteiger partial charge >= 0.3 is 0 Å². The van der Waals surface area contributed by atoms with E-state index in [0.717, 1.165) is 29.0 Å². The van der Waals surface area contributed by atoms with Crippen molar-refractivity contribution in [2.45, 2.75) is 45.6 Å². The number of nitrogens with zero attached hydrogens (tertiary/aromatic N) is 2. The zero-order valence-corrected chi connectivity index (χ0v) is 14.5. The number of aryl methyl sites for hydroxylation is 2. The van der Waals surface area contributed by atoms with E-state index in [-0.39, 0.29) is 24.5 Å². The van der Waals surface area contributed by atoms with Crippen molar-refractivity contribution in [3.8, 4) is 0 Å². The van der Waals surface area contributed by atoms with Gasteiger partial charge in [0, 0.05) is 18.5 Å². The molecule has 3 rings (SSSR count). The summed E-state index contributed by atoms with van der Waals surface area (Å²) in [5.74, 6) is 0.881. The highest BCUT2D eigenvalue weighted by Crippen LogP contribution is 2.32. The maximum Gasteiger partial charge on any atom is 0.223 e. The van der Waals surface area contributed by atoms with Gasteiger partial charge in [0.25, 0.3) is 0 Å². The number of hydrogen-bond donors (Lipinski definition) is 1. The number of carbonyl (C=O) groups excluding carboxylic acids is 1. The van der Waals surface area contributed by atoms with Crippen molar-refractivity contribution in [3.05, 3.63) is 52.4 Å². The second kappa shape index (κ2) is 6.77. The first kappa shape index (κ1) is 16.7. The minimum absolute atomic E-state index is 0.0419. The predicted molar refractivity (Wildman–Crippen MR) is 90.7 cm³/mol. The van der Waals surface area contributed by atoms with Crippen molar-refractivity contribution < 1.29 is 14.4 Å². The first-order valence-electron chi connectivity index (χ1n) is 8.43. The molecule has 5 heteroatoms. The highest BCUT2D eigenvalue weighted by Gasteiger charge is 2.31. The molecule has 0 saturated carbocycles. The van der Waals surface area contributed by atoms with Gasteiger partial charge in [-0.25, -0.2) is 0 Å². The largest absolute Gasteiger partial charge is 0.394 e. The molecule has 2 atom stereocenters. The molecule has 1 amide bonds. The van der Waals surface area contributed by atoms with Gasteiger partial charge in [0.15, 0.2) is 0 Å². The van der Waals surface area contributed by atoms with Crippen LogP contribution in [0.1, 0.15) is 53.4 Å². The molecule has 0 aliphatic carbocycles. The number of carbonyl (C=O) groups is 1. The number of rotatable bonds is 4. The third kappa shape index (κ3) is 2.96. The van der Waals surface area contributed by atoms with E-state index in [1.54, 1.807) is 0 Å². The third-order valence-electron chi connectivity index (χ3n) is 4.97. The van der Waals surface area contributed by atoms with Gasteiger partial charge < -0.3 is 14.5 Å². The zero-order valence-electron chi connectivity index (χ0n) is 14.5. The molecule has 5 nitrogen and oxygen atoms in total. The van der Waals surface area contributed by atoms with E-state index in [4.69, 9.17) is 4.52 Å². The topological polar surface area (TPSA) is 66.6 Å². The quantitative estimate of drug-likeness (QED) is 0.937. The van der Waals surface area contributed by atoms with Gasteiger partial charge in [-0.15, -0.1) is 0 Å². The number of aromatic nitrogens is 1. The summed E-state index contributed by atoms with van der Waals surface area (Å²) in [6, 6.07) is 7.80. The molecule has 1 aliphatic rings. The Morgan fingerprint density at radius 3 is 2.83 bits per heavy atom. The van der Waals surface area contributed by atoms with E-state index >= 15 is 0 Å². The summed E-state index contributed by atoms with van der Waals surface area (Å²) in [4.78, 5) is 14.7. The van der Waals surface area contributed by atoms with Crippen molar-refractivity contribution in [1.29, 1.82) is 0 Å². The maximum absolute atomic E-state index is 12.9. The smallest absolute Gasteiger partial charge is 0.223 e. The predicted octanol–water partition coefficient (Wildman–Crippen LogP) is 2.90. The number of fused-ring (bicyclic) bond motifs is 1. The monoisotopic (exact) mass is 328 g/mol. The molecule has 1 aromatic carbocycles. The Hall–Kier alpha value is -2.14. The lowest BCUT2D eigenvalue weighted by Gasteiger charge is -2.37. The van der Waals surface area contributed by atoms with Crippen LogP contribution < -0.4 is 0 Å². The van der Waals surface area contributed by atoms with Crippen LogP contribution in [0.15, 0.2) is 28.8 Å². The lowest BCUT2D eigenvalue weighted by atomic mass is 9.91. The normalized spacial score (nSPS) is 18.3. The van der Waals surface area contributed by atoms with Gasteiger partial charge in [-0.1, -0.05) is 36.3 Å². The Morgan fingerprint density at radius 2 is 2.17 bits per heavy atom. The third-order valence-corrected chi connectivity index (χ3v) is 4.97. The Labute approximate surface area is 142 Å². The fourth-order valence-corrected chi connectivity index (χ4v) is 3.82. The molecular weight excluding hydrogens is 304 g/mol. The molecule has 1 aliphatic heterocycles. The summed E-state index contributed by atoms with van der Waals surface area (Å²) in [7, 11) is 0. The first-order chi connectivity index (χ1) is 11.5. The highest BCUT2D eigenvalue weighted by atomic mass is 16.5. The Kier molecular flexibility index (Phi) is 4.71. The second-order valence-corrected chi connectivity index (χ2v) is 6.58. The van der Waals surface area contributed by atoms with Crippen LogP contribution in [0.4, 0.5) is 0 Å². The van der Waals surface area contributed by atoms with Crippen LogP contribution >= 0.6 is 0 Å². The number of amides is 1. The molecule has 0 bridgehead atoms. The highest BCUT2D eigenvalue weighted by molar-refractivity contribution is 5.78. The summed E-state index contributed by atoms with van der Waals surface area (Å²) < 4.78 is 5.22. The lowest BCUT2D eigenvalue weighted by molar-refractivity contribution is -0.135. The van der Waals surface area contributed by atoms with Gasteiger partial charge in [0.2, 0.25) is 5.91 Å². The van der Waals surface area contributed by atoms with E-state index in [2.05, 4.69) is 11.2 Å². The lowest BCUT2D eigenvalue weighted by Crippen LogP contribution is -2.42. The molecule has 1 N–H and O–H groups in total. The van der Waals surface area contributed by atoms with Crippen molar-refractivity contribution in [2.24, 2.45) is 0 Å². The van der Waals surface area contributed by atoms with Crippen molar-refractivity contribution >= 4 is 5.91 Å². The summed E-state index contributed by atoms with van der Waals surface area (Å²) in [6.45, 7) is 6.40. The van der Waals surface area contributed by atoms with E-state index < -0.39 is 0 Å². The average molecular weight is 328 g/mol. The fraction of sp³-hybridized carbons (Fsp3) is 0.474. The first-order valence-corrected chi connectivity index (χ1v) is 8.43. The summed E-state index contributed by atoms with van der Waals surface area (Å²) >= 11 is 0. The molecule has 128 valence electrons. The van der Waals surface area contributed by atoms with Crippen LogP contribution in [0.3, 0.4) is 0 Å². The molecule has 24 heavy (non-hydrogen) atoms. The second-order valence-electron chi connectivity index (χ2n) is 6.58. The SMILES string of the molecule is Cc1noc(C)c1[C@H](C)CC(=O)N1CCc2ccccc2[C@@H]1CO. The maximum atomic E-state index is 12.9. The van der Waals surface area contributed by atoms with Gasteiger partial charge in [-0.3, -0.25) is 4.79 Å². The Morgan fingerprint density at radius 1 is 1.42 bits per heavy atom. The molecule has 0 unspecified atom stereocenters. The van der Waals surface area contributed by atoms with E-state index in [1.165, 1.54) is 5.56 Å². The minimum atomic E-state index is -0.251. The van der Waals surface area contributed by atoms with Crippen LogP contribution in [0.2, 0.25) is 0 Å². The van der Waals surface area contributed by atoms with Crippen LogP contribution in [0.25, 0.3) is 0 Å². The molecule has 0 fully saturated rings. The van der Waals surface area contributed by atoms with Crippen LogP contribution in [-0.2, 0) is 11.2 Å². The summed E-state index contributed by atoms with van der Waals surface area (Å²) in [5.41, 5.74) is 4.14. The van der Waals surface area contributed by atoms with Crippen molar-refractivity contribution in [1.82, 2.24) is 10.1 Å². The number of hydrogen-bond acceptors (Lipinski definition) is 4. The van der Waals surface area contributed by atoms with Crippen LogP contribution in [-0.4, -0.2) is 34.2 Å². The standard InChI is InChI=1S/C19H24N2O3/c1-12(19-13(2)20-24-14(19)3)10-18(23)21-9-8-15-6-4-5-7-16(15)17(21)11-22/h4-7,12,17,22H,8-11H2,1-3H3/t12-,17+/m1/s1. The van der Waals surface area contributed by atoms with Gasteiger partial charge in [-0.2, -0.15) is 0 Å².